The molecule has 0 saturated carbocycles. The number of hydrogen-bond donors (Lipinski definition) is 5. The molecule has 0 spiro atoms. The predicted octanol–water partition coefficient (Wildman–Crippen LogP) is 11.8. The number of hydrogen-bond acceptors (Lipinski definition) is 14. The van der Waals surface area contributed by atoms with Crippen molar-refractivity contribution in [2.45, 2.75) is 98.5 Å². The fraction of sp³-hybridized carbons (Fsp3) is 0.310. The Bertz CT molecular complexity index is 3940. The fourth-order valence-corrected chi connectivity index (χ4v) is 8.55. The van der Waals surface area contributed by atoms with E-state index >= 15 is 0 Å². The van der Waals surface area contributed by atoms with Crippen LogP contribution in [0, 0.1) is 11.6 Å². The van der Waals surface area contributed by atoms with E-state index in [2.05, 4.69) is 84.7 Å². The number of H-pyrrole nitrogens is 2. The molecule has 10 aromatic rings. The number of aromatic amines is 2. The fourth-order valence-electron chi connectivity index (χ4n) is 8.36. The Hall–Kier alpha value is -8.59. The number of nitrogens with zero attached hydrogens (tertiary/aromatic N) is 9. The van der Waals surface area contributed by atoms with Crippen LogP contribution in [-0.2, 0) is 13.1 Å². The number of benzene rings is 4. The number of anilines is 1. The SMILES string of the molecule is CC(C)(C)O.CCN(C(C)C)C(C)C.Clc1ncnc2[nH]ccc12.NCc1nc2cccc(F)c2c(=O)n1-c1cccc(OCC(F)(F)F)c1.O=c1c2c(F)cccc2nc(CNc2ncnc3[nH]ccc23)n1-c1cccc(OCC(F)(F)F)c1. The Kier molecular flexibility index (Phi) is 22.2. The number of aliphatic hydroxyl groups is 1. The molecular weight excluding hydrogens is 1150 g/mol. The number of alkyl halides is 6. The van der Waals surface area contributed by atoms with E-state index in [-0.39, 0.29) is 69.4 Å². The average molecular weight is 1210 g/mol. The first-order valence-electron chi connectivity index (χ1n) is 26.2. The Balaban J connectivity index is 0.000000200. The minimum atomic E-state index is -4.53. The maximum Gasteiger partial charge on any atom is 0.422 e. The second kappa shape index (κ2) is 28.8. The summed E-state index contributed by atoms with van der Waals surface area (Å²) in [6.07, 6.45) is -2.76. The summed E-state index contributed by atoms with van der Waals surface area (Å²) in [7, 11) is 0. The molecular formula is C58H62ClF8N13O5. The molecule has 85 heavy (non-hydrogen) atoms. The van der Waals surface area contributed by atoms with Crippen LogP contribution in [0.2, 0.25) is 5.15 Å². The number of ether oxygens (including phenoxy) is 2. The third kappa shape index (κ3) is 18.5. The number of halogens is 9. The molecule has 18 nitrogen and oxygen atoms in total. The van der Waals surface area contributed by atoms with Gasteiger partial charge in [0.1, 0.15) is 80.5 Å². The lowest BCUT2D eigenvalue weighted by molar-refractivity contribution is -0.154. The van der Waals surface area contributed by atoms with Crippen LogP contribution in [0.4, 0.5) is 40.9 Å². The van der Waals surface area contributed by atoms with Crippen LogP contribution < -0.4 is 31.6 Å². The minimum absolute atomic E-state index is 0.00732. The van der Waals surface area contributed by atoms with Gasteiger partial charge in [-0.3, -0.25) is 23.6 Å². The van der Waals surface area contributed by atoms with E-state index < -0.39 is 53.9 Å². The van der Waals surface area contributed by atoms with Gasteiger partial charge in [0.25, 0.3) is 11.1 Å². The lowest BCUT2D eigenvalue weighted by Gasteiger charge is -2.28. The van der Waals surface area contributed by atoms with Gasteiger partial charge in [0.15, 0.2) is 13.2 Å². The quantitative estimate of drug-likeness (QED) is 0.0534. The smallest absolute Gasteiger partial charge is 0.422 e. The molecule has 10 rings (SSSR count). The van der Waals surface area contributed by atoms with Gasteiger partial charge in [0.05, 0.1) is 51.9 Å². The minimum Gasteiger partial charge on any atom is -0.484 e. The summed E-state index contributed by atoms with van der Waals surface area (Å²) < 4.78 is 115. The lowest BCUT2D eigenvalue weighted by Crippen LogP contribution is -2.36. The molecule has 0 bridgehead atoms. The molecule has 0 atom stereocenters. The highest BCUT2D eigenvalue weighted by Crippen LogP contribution is 2.26. The second-order valence-corrected chi connectivity index (χ2v) is 20.4. The van der Waals surface area contributed by atoms with E-state index in [9.17, 15) is 44.7 Å². The standard InChI is InChI=1S/C23H16F4N6O2.C17H13F4N3O2.C8H19N.C6H4ClN3.C4H10O/c24-16-5-2-6-17-19(16)22(34)33(13-3-1-4-14(9-13)35-11-23(25,26)27)18(32-17)10-29-21-15-7-8-28-20(15)30-12-31-21;18-12-5-2-6-13-15(12)16(25)24(14(8-22)23-13)10-3-1-4-11(7-10)26-9-17(19,20)21;1-6-9(7(2)3)8(4)5;7-5-4-1-2-8-6(4)10-3-9-5;1-4(2,3)5/h1-9,12H,10-11H2,(H2,28,29,30,31);1-7H,8-9,22H2;7-8H,6H2,1-5H3;1-3H,(H,8,9,10);5H,1-3H3. The largest absolute Gasteiger partial charge is 0.484 e. The van der Waals surface area contributed by atoms with E-state index in [0.29, 0.717) is 34.1 Å². The van der Waals surface area contributed by atoms with Crippen LogP contribution in [0.25, 0.3) is 55.2 Å². The molecule has 4 aromatic carbocycles. The highest BCUT2D eigenvalue weighted by atomic mass is 35.5. The van der Waals surface area contributed by atoms with Crippen molar-refractivity contribution in [2.75, 3.05) is 25.1 Å². The van der Waals surface area contributed by atoms with Gasteiger partial charge in [-0.2, -0.15) is 26.3 Å². The predicted molar refractivity (Wildman–Crippen MR) is 310 cm³/mol. The highest BCUT2D eigenvalue weighted by molar-refractivity contribution is 6.33. The van der Waals surface area contributed by atoms with Crippen molar-refractivity contribution in [3.63, 3.8) is 0 Å². The first kappa shape index (κ1) is 65.6. The first-order valence-corrected chi connectivity index (χ1v) is 26.6. The molecule has 0 aliphatic heterocycles. The van der Waals surface area contributed by atoms with Gasteiger partial charge in [-0.25, -0.2) is 38.7 Å². The van der Waals surface area contributed by atoms with Gasteiger partial charge >= 0.3 is 12.4 Å². The normalized spacial score (nSPS) is 11.6. The zero-order valence-electron chi connectivity index (χ0n) is 47.3. The monoisotopic (exact) mass is 1210 g/mol. The molecule has 27 heteroatoms. The summed E-state index contributed by atoms with van der Waals surface area (Å²) in [4.78, 5) is 59.2. The highest BCUT2D eigenvalue weighted by Gasteiger charge is 2.29. The molecule has 0 unspecified atom stereocenters. The van der Waals surface area contributed by atoms with Gasteiger partial charge in [-0.1, -0.05) is 42.8 Å². The topological polar surface area (TPSA) is 233 Å². The summed E-state index contributed by atoms with van der Waals surface area (Å²) in [5.74, 6) is -0.917. The molecule has 6 heterocycles. The molecule has 0 radical (unpaired) electrons. The Morgan fingerprint density at radius 3 is 1.53 bits per heavy atom. The summed E-state index contributed by atoms with van der Waals surface area (Å²) in [6, 6.07) is 24.1. The summed E-state index contributed by atoms with van der Waals surface area (Å²) >= 11 is 5.73. The lowest BCUT2D eigenvalue weighted by atomic mass is 10.2. The van der Waals surface area contributed by atoms with Crippen LogP contribution in [0.3, 0.4) is 0 Å². The van der Waals surface area contributed by atoms with E-state index in [1.165, 1.54) is 85.5 Å². The Morgan fingerprint density at radius 2 is 1.09 bits per heavy atom. The summed E-state index contributed by atoms with van der Waals surface area (Å²) in [6.45, 7) is 14.5. The molecule has 6 aromatic heterocycles. The molecule has 0 amide bonds. The van der Waals surface area contributed by atoms with Crippen molar-refractivity contribution < 1.29 is 49.7 Å². The number of aromatic nitrogens is 10. The number of nitrogens with one attached hydrogen (secondary N) is 3. The van der Waals surface area contributed by atoms with Crippen LogP contribution in [-0.4, -0.2) is 109 Å². The summed E-state index contributed by atoms with van der Waals surface area (Å²) in [5.41, 5.74) is 5.73. The number of nitrogens with two attached hydrogens (primary N) is 1. The Labute approximate surface area is 486 Å². The van der Waals surface area contributed by atoms with Crippen molar-refractivity contribution in [1.29, 1.82) is 0 Å². The van der Waals surface area contributed by atoms with Crippen LogP contribution in [0.15, 0.2) is 132 Å². The number of fused-ring (bicyclic) bond motifs is 4. The van der Waals surface area contributed by atoms with Crippen molar-refractivity contribution in [1.82, 2.24) is 53.9 Å². The molecule has 0 saturated heterocycles. The molecule has 0 aliphatic carbocycles. The third-order valence-corrected chi connectivity index (χ3v) is 12.0. The van der Waals surface area contributed by atoms with E-state index in [1.54, 1.807) is 39.2 Å². The maximum atomic E-state index is 14.6. The van der Waals surface area contributed by atoms with Gasteiger partial charge in [0.2, 0.25) is 0 Å². The average Bonchev–Trinajstić information content (AvgIpc) is 1.88. The van der Waals surface area contributed by atoms with Crippen molar-refractivity contribution in [3.8, 4) is 22.9 Å². The molecule has 0 fully saturated rings. The van der Waals surface area contributed by atoms with E-state index in [4.69, 9.17) is 31.9 Å². The van der Waals surface area contributed by atoms with Crippen molar-refractivity contribution in [2.24, 2.45) is 5.73 Å². The number of rotatable bonds is 13. The van der Waals surface area contributed by atoms with Gasteiger partial charge in [-0.15, -0.1) is 0 Å². The van der Waals surface area contributed by atoms with Crippen LogP contribution in [0.5, 0.6) is 11.5 Å². The van der Waals surface area contributed by atoms with Crippen LogP contribution in [0.1, 0.15) is 67.0 Å². The van der Waals surface area contributed by atoms with E-state index in [1.807, 2.05) is 6.07 Å². The Morgan fingerprint density at radius 1 is 0.659 bits per heavy atom. The first-order chi connectivity index (χ1) is 40.1. The van der Waals surface area contributed by atoms with Crippen molar-refractivity contribution >= 4 is 61.3 Å². The molecule has 0 aliphatic rings. The van der Waals surface area contributed by atoms with E-state index in [0.717, 1.165) is 38.8 Å². The summed E-state index contributed by atoms with van der Waals surface area (Å²) in [5, 5.41) is 13.2. The van der Waals surface area contributed by atoms with Crippen LogP contribution >= 0.6 is 11.6 Å². The maximum absolute atomic E-state index is 14.6. The molecule has 6 N–H and O–H groups in total. The zero-order valence-corrected chi connectivity index (χ0v) is 48.1. The third-order valence-electron chi connectivity index (χ3n) is 11.7. The van der Waals surface area contributed by atoms with Gasteiger partial charge in [-0.05, 0) is 116 Å². The molecule has 452 valence electrons. The van der Waals surface area contributed by atoms with Crippen molar-refractivity contribution in [3.05, 3.63) is 171 Å². The van der Waals surface area contributed by atoms with Gasteiger partial charge < -0.3 is 35.6 Å². The zero-order chi connectivity index (χ0) is 62.4. The van der Waals surface area contributed by atoms with Gasteiger partial charge in [0, 0.05) is 36.6 Å². The second-order valence-electron chi connectivity index (χ2n) is 20.0.